The van der Waals surface area contributed by atoms with E-state index < -0.39 is 12.1 Å². The zero-order valence-corrected chi connectivity index (χ0v) is 11.0. The summed E-state index contributed by atoms with van der Waals surface area (Å²) in [6.07, 6.45) is 1.37. The average molecular weight is 259 g/mol. The van der Waals surface area contributed by atoms with Crippen LogP contribution in [0.15, 0.2) is 36.5 Å². The fraction of sp³-hybridized carbons (Fsp3) is 0.333. The summed E-state index contributed by atoms with van der Waals surface area (Å²) < 4.78 is 5.56. The molecule has 1 aromatic carbocycles. The van der Waals surface area contributed by atoms with Crippen molar-refractivity contribution in [2.24, 2.45) is 5.92 Å². The molecule has 0 saturated heterocycles. The number of carboxylic acid groups (broad SMARTS) is 1. The van der Waals surface area contributed by atoms with E-state index in [1.54, 1.807) is 18.3 Å². The summed E-state index contributed by atoms with van der Waals surface area (Å²) in [5, 5.41) is 10.2. The van der Waals surface area contributed by atoms with Crippen LogP contribution in [0.5, 0.6) is 5.75 Å². The number of hydrogen-bond acceptors (Lipinski definition) is 3. The van der Waals surface area contributed by atoms with E-state index in [0.29, 0.717) is 12.2 Å². The van der Waals surface area contributed by atoms with E-state index >= 15 is 0 Å². The summed E-state index contributed by atoms with van der Waals surface area (Å²) in [4.78, 5) is 15.4. The normalized spacial score (nSPS) is 12.6. The van der Waals surface area contributed by atoms with Gasteiger partial charge in [0, 0.05) is 17.6 Å². The minimum atomic E-state index is -0.935. The molecule has 1 atom stereocenters. The first-order chi connectivity index (χ1) is 9.06. The fourth-order valence-corrected chi connectivity index (χ4v) is 1.91. The summed E-state index contributed by atoms with van der Waals surface area (Å²) in [5.41, 5.74) is 0.800. The van der Waals surface area contributed by atoms with Gasteiger partial charge in [-0.05, 0) is 30.5 Å². The lowest BCUT2D eigenvalue weighted by atomic mass is 10.1. The first-order valence-electron chi connectivity index (χ1n) is 6.30. The van der Waals surface area contributed by atoms with E-state index in [0.717, 1.165) is 10.9 Å². The number of carboxylic acids is 1. The van der Waals surface area contributed by atoms with Gasteiger partial charge in [0.2, 0.25) is 0 Å². The molecule has 4 nitrogen and oxygen atoms in total. The van der Waals surface area contributed by atoms with Crippen molar-refractivity contribution < 1.29 is 14.6 Å². The highest BCUT2D eigenvalue weighted by Gasteiger charge is 2.20. The van der Waals surface area contributed by atoms with E-state index in [1.165, 1.54) is 0 Å². The predicted molar refractivity (Wildman–Crippen MR) is 73.2 cm³/mol. The van der Waals surface area contributed by atoms with Gasteiger partial charge >= 0.3 is 5.97 Å². The molecule has 0 aliphatic rings. The van der Waals surface area contributed by atoms with Crippen LogP contribution in [-0.2, 0) is 4.79 Å². The Kier molecular flexibility index (Phi) is 4.00. The summed E-state index contributed by atoms with van der Waals surface area (Å²) in [7, 11) is 0. The molecular formula is C15H17NO3. The number of ether oxygens (including phenoxy) is 1. The average Bonchev–Trinajstić information content (AvgIpc) is 2.37. The summed E-state index contributed by atoms with van der Waals surface area (Å²) in [6.45, 7) is 3.95. The highest BCUT2D eigenvalue weighted by Crippen LogP contribution is 2.21. The number of benzene rings is 1. The molecule has 0 fully saturated rings. The Morgan fingerprint density at radius 3 is 2.84 bits per heavy atom. The van der Waals surface area contributed by atoms with E-state index in [4.69, 9.17) is 9.84 Å². The highest BCUT2D eigenvalue weighted by atomic mass is 16.5. The van der Waals surface area contributed by atoms with Crippen molar-refractivity contribution in [2.75, 3.05) is 0 Å². The van der Waals surface area contributed by atoms with Gasteiger partial charge in [-0.3, -0.25) is 4.98 Å². The standard InChI is InChI=1S/C15H17NO3/c1-10(2)8-14(15(17)18)19-12-6-5-11-4-3-7-16-13(11)9-12/h3-7,9-10,14H,8H2,1-2H3,(H,17,18). The molecule has 4 heteroatoms. The van der Waals surface area contributed by atoms with Gasteiger partial charge in [0.15, 0.2) is 6.10 Å². The molecule has 0 spiro atoms. The van der Waals surface area contributed by atoms with Crippen molar-refractivity contribution in [1.29, 1.82) is 0 Å². The molecule has 0 radical (unpaired) electrons. The maximum absolute atomic E-state index is 11.2. The number of nitrogens with zero attached hydrogens (tertiary/aromatic N) is 1. The van der Waals surface area contributed by atoms with Crippen LogP contribution in [0.2, 0.25) is 0 Å². The quantitative estimate of drug-likeness (QED) is 0.896. The molecule has 0 aliphatic heterocycles. The molecule has 1 aromatic heterocycles. The molecule has 19 heavy (non-hydrogen) atoms. The van der Waals surface area contributed by atoms with Crippen molar-refractivity contribution in [1.82, 2.24) is 4.98 Å². The lowest BCUT2D eigenvalue weighted by Crippen LogP contribution is -2.28. The van der Waals surface area contributed by atoms with Crippen LogP contribution < -0.4 is 4.74 Å². The molecule has 0 aliphatic carbocycles. The van der Waals surface area contributed by atoms with Crippen LogP contribution in [0.25, 0.3) is 10.9 Å². The number of aliphatic carboxylic acids is 1. The van der Waals surface area contributed by atoms with E-state index in [1.807, 2.05) is 32.0 Å². The van der Waals surface area contributed by atoms with Gasteiger partial charge in [0.05, 0.1) is 5.52 Å². The summed E-state index contributed by atoms with van der Waals surface area (Å²) in [5.74, 6) is -0.131. The number of rotatable bonds is 5. The minimum absolute atomic E-state index is 0.264. The van der Waals surface area contributed by atoms with Crippen molar-refractivity contribution in [2.45, 2.75) is 26.4 Å². The largest absolute Gasteiger partial charge is 0.479 e. The smallest absolute Gasteiger partial charge is 0.344 e. The molecule has 0 bridgehead atoms. The number of carbonyl (C=O) groups is 1. The monoisotopic (exact) mass is 259 g/mol. The molecule has 1 unspecified atom stereocenters. The van der Waals surface area contributed by atoms with Crippen LogP contribution in [-0.4, -0.2) is 22.2 Å². The third kappa shape index (κ3) is 3.44. The van der Waals surface area contributed by atoms with Crippen LogP contribution in [0.4, 0.5) is 0 Å². The number of fused-ring (bicyclic) bond motifs is 1. The Morgan fingerprint density at radius 1 is 1.37 bits per heavy atom. The first kappa shape index (κ1) is 13.3. The van der Waals surface area contributed by atoms with Crippen molar-refractivity contribution in [3.63, 3.8) is 0 Å². The molecular weight excluding hydrogens is 242 g/mol. The molecule has 2 rings (SSSR count). The Morgan fingerprint density at radius 2 is 2.16 bits per heavy atom. The molecule has 1 N–H and O–H groups in total. The molecule has 0 saturated carbocycles. The second kappa shape index (κ2) is 5.69. The zero-order valence-electron chi connectivity index (χ0n) is 11.0. The lowest BCUT2D eigenvalue weighted by molar-refractivity contribution is -0.145. The van der Waals surface area contributed by atoms with Gasteiger partial charge in [-0.1, -0.05) is 19.9 Å². The number of hydrogen-bond donors (Lipinski definition) is 1. The van der Waals surface area contributed by atoms with Crippen LogP contribution in [0, 0.1) is 5.92 Å². The summed E-state index contributed by atoms with van der Waals surface area (Å²) in [6, 6.07) is 9.24. The molecule has 1 heterocycles. The Bertz CT molecular complexity index is 580. The van der Waals surface area contributed by atoms with Gasteiger partial charge < -0.3 is 9.84 Å². The Hall–Kier alpha value is -2.10. The minimum Gasteiger partial charge on any atom is -0.479 e. The van der Waals surface area contributed by atoms with E-state index in [-0.39, 0.29) is 5.92 Å². The Balaban J connectivity index is 2.21. The van der Waals surface area contributed by atoms with Gasteiger partial charge in [0.1, 0.15) is 5.75 Å². The first-order valence-corrected chi connectivity index (χ1v) is 6.30. The highest BCUT2D eigenvalue weighted by molar-refractivity contribution is 5.80. The third-order valence-corrected chi connectivity index (χ3v) is 2.82. The molecule has 2 aromatic rings. The summed E-state index contributed by atoms with van der Waals surface area (Å²) >= 11 is 0. The van der Waals surface area contributed by atoms with E-state index in [9.17, 15) is 4.79 Å². The fourth-order valence-electron chi connectivity index (χ4n) is 1.91. The SMILES string of the molecule is CC(C)CC(Oc1ccc2cccnc2c1)C(=O)O. The lowest BCUT2D eigenvalue weighted by Gasteiger charge is -2.17. The zero-order chi connectivity index (χ0) is 13.8. The second-order valence-corrected chi connectivity index (χ2v) is 4.93. The maximum atomic E-state index is 11.2. The van der Waals surface area contributed by atoms with Crippen LogP contribution in [0.3, 0.4) is 0 Å². The van der Waals surface area contributed by atoms with Crippen molar-refractivity contribution in [3.05, 3.63) is 36.5 Å². The van der Waals surface area contributed by atoms with Gasteiger partial charge in [0.25, 0.3) is 0 Å². The van der Waals surface area contributed by atoms with Crippen LogP contribution in [0.1, 0.15) is 20.3 Å². The van der Waals surface area contributed by atoms with Crippen molar-refractivity contribution in [3.8, 4) is 5.75 Å². The topological polar surface area (TPSA) is 59.4 Å². The number of pyridine rings is 1. The van der Waals surface area contributed by atoms with E-state index in [2.05, 4.69) is 4.98 Å². The third-order valence-electron chi connectivity index (χ3n) is 2.82. The molecule has 0 amide bonds. The van der Waals surface area contributed by atoms with Gasteiger partial charge in [-0.25, -0.2) is 4.79 Å². The second-order valence-electron chi connectivity index (χ2n) is 4.93. The maximum Gasteiger partial charge on any atom is 0.344 e. The van der Waals surface area contributed by atoms with Gasteiger partial charge in [-0.15, -0.1) is 0 Å². The van der Waals surface area contributed by atoms with Gasteiger partial charge in [-0.2, -0.15) is 0 Å². The number of aromatic nitrogens is 1. The van der Waals surface area contributed by atoms with Crippen LogP contribution >= 0.6 is 0 Å². The Labute approximate surface area is 112 Å². The molecule has 100 valence electrons. The predicted octanol–water partition coefficient (Wildman–Crippen LogP) is 3.11. The van der Waals surface area contributed by atoms with Crippen molar-refractivity contribution >= 4 is 16.9 Å².